The number of H-pyrrole nitrogens is 1. The molecule has 0 aliphatic rings. The van der Waals surface area contributed by atoms with Crippen LogP contribution < -0.4 is 15.5 Å². The van der Waals surface area contributed by atoms with E-state index in [1.165, 1.54) is 12.4 Å². The Hall–Kier alpha value is -2.22. The molecule has 2 rings (SSSR count). The molecule has 0 radical (unpaired) electrons. The Morgan fingerprint density at radius 2 is 2.25 bits per heavy atom. The van der Waals surface area contributed by atoms with E-state index in [4.69, 9.17) is 0 Å². The number of nitrogens with one attached hydrogen (secondary N) is 3. The van der Waals surface area contributed by atoms with Crippen LogP contribution in [0.25, 0.3) is 0 Å². The highest BCUT2D eigenvalue weighted by molar-refractivity contribution is 7.07. The second kappa shape index (κ2) is 6.80. The standard InChI is InChI=1S/C12H15N5O2S/c1-2-3-13-10-6-14-9(5-15-10)11(18)16-4-8-7-20-12(19)17-8/h5-7H,2-4H2,1H3,(H,13,15)(H,16,18)(H,17,19). The van der Waals surface area contributed by atoms with Gasteiger partial charge in [0.2, 0.25) is 0 Å². The van der Waals surface area contributed by atoms with Crippen LogP contribution in [-0.4, -0.2) is 27.4 Å². The smallest absolute Gasteiger partial charge is 0.304 e. The molecule has 20 heavy (non-hydrogen) atoms. The van der Waals surface area contributed by atoms with E-state index in [0.29, 0.717) is 11.5 Å². The van der Waals surface area contributed by atoms with Crippen molar-refractivity contribution in [3.63, 3.8) is 0 Å². The largest absolute Gasteiger partial charge is 0.369 e. The van der Waals surface area contributed by atoms with E-state index in [2.05, 4.69) is 32.5 Å². The topological polar surface area (TPSA) is 99.8 Å². The predicted molar refractivity (Wildman–Crippen MR) is 76.9 cm³/mol. The molecule has 2 heterocycles. The van der Waals surface area contributed by atoms with Crippen molar-refractivity contribution in [2.24, 2.45) is 0 Å². The Morgan fingerprint density at radius 3 is 2.85 bits per heavy atom. The number of rotatable bonds is 6. The zero-order valence-electron chi connectivity index (χ0n) is 11.0. The zero-order chi connectivity index (χ0) is 14.4. The maximum absolute atomic E-state index is 11.8. The van der Waals surface area contributed by atoms with Crippen LogP contribution in [0.15, 0.2) is 22.6 Å². The molecule has 0 aliphatic carbocycles. The molecule has 2 aromatic heterocycles. The highest BCUT2D eigenvalue weighted by Gasteiger charge is 2.08. The Labute approximate surface area is 119 Å². The SMILES string of the molecule is CCCNc1cnc(C(=O)NCc2csc(=O)[nH]2)cn1. The summed E-state index contributed by atoms with van der Waals surface area (Å²) in [5.74, 6) is 0.317. The highest BCUT2D eigenvalue weighted by atomic mass is 32.1. The molecule has 0 saturated carbocycles. The summed E-state index contributed by atoms with van der Waals surface area (Å²) in [4.78, 5) is 33.4. The fourth-order valence-corrected chi connectivity index (χ4v) is 2.04. The number of thiazole rings is 1. The van der Waals surface area contributed by atoms with Crippen molar-refractivity contribution in [2.45, 2.75) is 19.9 Å². The van der Waals surface area contributed by atoms with Gasteiger partial charge < -0.3 is 15.6 Å². The van der Waals surface area contributed by atoms with Crippen LogP contribution >= 0.6 is 11.3 Å². The third kappa shape index (κ3) is 3.89. The number of hydrogen-bond acceptors (Lipinski definition) is 6. The summed E-state index contributed by atoms with van der Waals surface area (Å²) in [5.41, 5.74) is 0.909. The second-order valence-corrected chi connectivity index (χ2v) is 4.91. The van der Waals surface area contributed by atoms with Crippen LogP contribution in [0.5, 0.6) is 0 Å². The Balaban J connectivity index is 1.90. The lowest BCUT2D eigenvalue weighted by Gasteiger charge is -2.05. The van der Waals surface area contributed by atoms with Crippen LogP contribution in [0.2, 0.25) is 0 Å². The monoisotopic (exact) mass is 293 g/mol. The summed E-state index contributed by atoms with van der Waals surface area (Å²) in [5, 5.41) is 7.42. The van der Waals surface area contributed by atoms with E-state index in [0.717, 1.165) is 24.3 Å². The summed E-state index contributed by atoms with van der Waals surface area (Å²) in [7, 11) is 0. The average molecular weight is 293 g/mol. The van der Waals surface area contributed by atoms with Gasteiger partial charge in [0.25, 0.3) is 5.91 Å². The summed E-state index contributed by atoms with van der Waals surface area (Å²) >= 11 is 1.06. The number of aromatic amines is 1. The van der Waals surface area contributed by atoms with E-state index in [1.807, 2.05) is 0 Å². The zero-order valence-corrected chi connectivity index (χ0v) is 11.8. The Morgan fingerprint density at radius 1 is 1.40 bits per heavy atom. The van der Waals surface area contributed by atoms with Gasteiger partial charge in [0, 0.05) is 17.6 Å². The number of nitrogens with zero attached hydrogens (tertiary/aromatic N) is 2. The van der Waals surface area contributed by atoms with Crippen molar-refractivity contribution >= 4 is 23.1 Å². The van der Waals surface area contributed by atoms with Gasteiger partial charge in [-0.2, -0.15) is 0 Å². The van der Waals surface area contributed by atoms with Crippen LogP contribution in [0.1, 0.15) is 29.5 Å². The van der Waals surface area contributed by atoms with E-state index in [-0.39, 0.29) is 23.0 Å². The lowest BCUT2D eigenvalue weighted by Crippen LogP contribution is -2.24. The average Bonchev–Trinajstić information content (AvgIpc) is 2.89. The molecule has 0 bridgehead atoms. The Bertz CT molecular complexity index is 619. The molecular formula is C12H15N5O2S. The molecule has 3 N–H and O–H groups in total. The van der Waals surface area contributed by atoms with Crippen molar-refractivity contribution in [1.29, 1.82) is 0 Å². The van der Waals surface area contributed by atoms with Gasteiger partial charge in [-0.25, -0.2) is 9.97 Å². The first-order chi connectivity index (χ1) is 9.69. The molecule has 0 spiro atoms. The predicted octanol–water partition coefficient (Wildman–Crippen LogP) is 0.978. The molecule has 2 aromatic rings. The first kappa shape index (κ1) is 14.2. The third-order valence-electron chi connectivity index (χ3n) is 2.45. The quantitative estimate of drug-likeness (QED) is 0.737. The minimum Gasteiger partial charge on any atom is -0.369 e. The normalized spacial score (nSPS) is 10.2. The van der Waals surface area contributed by atoms with Gasteiger partial charge in [-0.05, 0) is 6.42 Å². The second-order valence-electron chi connectivity index (χ2n) is 4.07. The van der Waals surface area contributed by atoms with Gasteiger partial charge >= 0.3 is 4.87 Å². The summed E-state index contributed by atoms with van der Waals surface area (Å²) in [6, 6.07) is 0. The number of carbonyl (C=O) groups excluding carboxylic acids is 1. The van der Waals surface area contributed by atoms with E-state index < -0.39 is 0 Å². The van der Waals surface area contributed by atoms with Crippen molar-refractivity contribution in [3.8, 4) is 0 Å². The minimum atomic E-state index is -0.327. The molecule has 0 aromatic carbocycles. The summed E-state index contributed by atoms with van der Waals surface area (Å²) in [6.45, 7) is 3.12. The van der Waals surface area contributed by atoms with Crippen molar-refractivity contribution in [2.75, 3.05) is 11.9 Å². The van der Waals surface area contributed by atoms with Crippen LogP contribution in [0.4, 0.5) is 5.82 Å². The molecule has 0 fully saturated rings. The first-order valence-corrected chi connectivity index (χ1v) is 7.08. The van der Waals surface area contributed by atoms with E-state index >= 15 is 0 Å². The van der Waals surface area contributed by atoms with E-state index in [9.17, 15) is 9.59 Å². The maximum atomic E-state index is 11.8. The van der Waals surface area contributed by atoms with Gasteiger partial charge in [0.1, 0.15) is 11.5 Å². The number of aromatic nitrogens is 3. The molecule has 1 amide bonds. The third-order valence-corrected chi connectivity index (χ3v) is 3.17. The molecule has 0 unspecified atom stereocenters. The minimum absolute atomic E-state index is 0.139. The van der Waals surface area contributed by atoms with Crippen LogP contribution in [-0.2, 0) is 6.54 Å². The molecule has 0 saturated heterocycles. The number of carbonyl (C=O) groups is 1. The first-order valence-electron chi connectivity index (χ1n) is 6.20. The van der Waals surface area contributed by atoms with Crippen molar-refractivity contribution in [1.82, 2.24) is 20.3 Å². The molecule has 106 valence electrons. The van der Waals surface area contributed by atoms with Crippen LogP contribution in [0, 0.1) is 0 Å². The molecule has 0 atom stereocenters. The lowest BCUT2D eigenvalue weighted by atomic mass is 10.4. The Kier molecular flexibility index (Phi) is 4.83. The number of amides is 1. The lowest BCUT2D eigenvalue weighted by molar-refractivity contribution is 0.0945. The van der Waals surface area contributed by atoms with Gasteiger partial charge in [-0.1, -0.05) is 18.3 Å². The number of anilines is 1. The van der Waals surface area contributed by atoms with Gasteiger partial charge in [-0.3, -0.25) is 9.59 Å². The van der Waals surface area contributed by atoms with Crippen molar-refractivity contribution < 1.29 is 4.79 Å². The fraction of sp³-hybridized carbons (Fsp3) is 0.333. The van der Waals surface area contributed by atoms with Gasteiger partial charge in [-0.15, -0.1) is 0 Å². The number of hydrogen-bond donors (Lipinski definition) is 3. The van der Waals surface area contributed by atoms with Gasteiger partial charge in [0.15, 0.2) is 0 Å². The fourth-order valence-electron chi connectivity index (χ4n) is 1.46. The van der Waals surface area contributed by atoms with Gasteiger partial charge in [0.05, 0.1) is 18.9 Å². The summed E-state index contributed by atoms with van der Waals surface area (Å²) < 4.78 is 0. The molecule has 0 aliphatic heterocycles. The molecule has 7 nitrogen and oxygen atoms in total. The summed E-state index contributed by atoms with van der Waals surface area (Å²) in [6.07, 6.45) is 3.93. The van der Waals surface area contributed by atoms with Crippen LogP contribution in [0.3, 0.4) is 0 Å². The maximum Gasteiger partial charge on any atom is 0.304 e. The van der Waals surface area contributed by atoms with E-state index in [1.54, 1.807) is 5.38 Å². The van der Waals surface area contributed by atoms with Crippen molar-refractivity contribution in [3.05, 3.63) is 38.8 Å². The molecule has 8 heteroatoms. The molecular weight excluding hydrogens is 278 g/mol. The highest BCUT2D eigenvalue weighted by Crippen LogP contribution is 2.02.